The molecule has 22 heavy (non-hydrogen) atoms. The summed E-state index contributed by atoms with van der Waals surface area (Å²) in [5, 5.41) is 7.00. The Labute approximate surface area is 137 Å². The van der Waals surface area contributed by atoms with Crippen LogP contribution in [0.1, 0.15) is 60.8 Å². The number of rotatable bonds is 9. The second-order valence-electron chi connectivity index (χ2n) is 4.47. The Morgan fingerprint density at radius 2 is 1.82 bits per heavy atom. The fraction of sp³-hybridized carbons (Fsp3) is 0.632. The van der Waals surface area contributed by atoms with Gasteiger partial charge < -0.3 is 9.84 Å². The number of Topliss-reactive ketones (excluding diaryl/α,β-unsaturated/α-hetero) is 1. The first-order chi connectivity index (χ1) is 10.6. The van der Waals surface area contributed by atoms with E-state index in [1.807, 2.05) is 39.8 Å². The molecule has 0 spiro atoms. The van der Waals surface area contributed by atoms with Crippen molar-refractivity contribution in [3.63, 3.8) is 0 Å². The van der Waals surface area contributed by atoms with Crippen molar-refractivity contribution in [2.45, 2.75) is 60.8 Å². The first-order valence-electron chi connectivity index (χ1n) is 8.17. The number of hydrogen-bond donors (Lipinski definition) is 1. The Balaban J connectivity index is -0.000000826. The molecular weight excluding hydrogens is 276 g/mol. The standard InChI is InChI=1S/C16H26O2.C2H6.CH4O/c1-5-12-18-13-8-7-9-16(6-2)11-10-14(3)15(4)17;2*1-2/h6-9,13-14H,5,10-12H2,1-4H3;1-2H3;2H,1H3/b9-7-,13-8+,16-6+;;. The van der Waals surface area contributed by atoms with E-state index in [9.17, 15) is 4.79 Å². The van der Waals surface area contributed by atoms with Crippen LogP contribution in [0.2, 0.25) is 0 Å². The van der Waals surface area contributed by atoms with E-state index in [1.54, 1.807) is 13.2 Å². The molecule has 0 aromatic carbocycles. The Hall–Kier alpha value is -1.35. The third-order valence-electron chi connectivity index (χ3n) is 2.85. The summed E-state index contributed by atoms with van der Waals surface area (Å²) in [6.07, 6.45) is 12.6. The molecule has 1 N–H and O–H groups in total. The van der Waals surface area contributed by atoms with Gasteiger partial charge in [0.15, 0.2) is 0 Å². The first-order valence-corrected chi connectivity index (χ1v) is 8.17. The Morgan fingerprint density at radius 1 is 1.23 bits per heavy atom. The van der Waals surface area contributed by atoms with E-state index in [0.717, 1.165) is 33.0 Å². The average Bonchev–Trinajstić information content (AvgIpc) is 2.56. The van der Waals surface area contributed by atoms with Crippen molar-refractivity contribution in [2.75, 3.05) is 13.7 Å². The van der Waals surface area contributed by atoms with Gasteiger partial charge >= 0.3 is 0 Å². The summed E-state index contributed by atoms with van der Waals surface area (Å²) < 4.78 is 5.23. The van der Waals surface area contributed by atoms with Gasteiger partial charge in [0.25, 0.3) is 0 Å². The highest BCUT2D eigenvalue weighted by Gasteiger charge is 2.06. The van der Waals surface area contributed by atoms with Crippen LogP contribution in [-0.2, 0) is 9.53 Å². The second-order valence-corrected chi connectivity index (χ2v) is 4.47. The van der Waals surface area contributed by atoms with Crippen molar-refractivity contribution >= 4 is 5.78 Å². The summed E-state index contributed by atoms with van der Waals surface area (Å²) in [7, 11) is 1.00. The summed E-state index contributed by atoms with van der Waals surface area (Å²) in [4.78, 5) is 11.1. The van der Waals surface area contributed by atoms with Gasteiger partial charge in [-0.05, 0) is 39.2 Å². The van der Waals surface area contributed by atoms with Crippen molar-refractivity contribution in [3.05, 3.63) is 36.1 Å². The van der Waals surface area contributed by atoms with E-state index in [0.29, 0.717) is 0 Å². The van der Waals surface area contributed by atoms with Crippen molar-refractivity contribution in [2.24, 2.45) is 5.92 Å². The molecule has 1 unspecified atom stereocenters. The number of ether oxygens (including phenoxy) is 1. The average molecular weight is 312 g/mol. The fourth-order valence-corrected chi connectivity index (χ4v) is 1.38. The molecule has 0 heterocycles. The minimum atomic E-state index is 0.150. The third kappa shape index (κ3) is 18.7. The number of aliphatic hydroxyl groups excluding tert-OH is 1. The molecule has 0 aliphatic heterocycles. The summed E-state index contributed by atoms with van der Waals surface area (Å²) in [5.74, 6) is 0.416. The Kier molecular flexibility index (Phi) is 25.5. The smallest absolute Gasteiger partial charge is 0.132 e. The molecule has 0 bridgehead atoms. The van der Waals surface area contributed by atoms with Crippen LogP contribution in [0.4, 0.5) is 0 Å². The minimum absolute atomic E-state index is 0.150. The van der Waals surface area contributed by atoms with Gasteiger partial charge in [-0.1, -0.05) is 51.5 Å². The van der Waals surface area contributed by atoms with Gasteiger partial charge in [0.05, 0.1) is 12.9 Å². The molecule has 0 saturated carbocycles. The maximum Gasteiger partial charge on any atom is 0.132 e. The highest BCUT2D eigenvalue weighted by atomic mass is 16.5. The highest BCUT2D eigenvalue weighted by molar-refractivity contribution is 5.77. The maximum atomic E-state index is 11.1. The molecule has 130 valence electrons. The molecule has 0 aliphatic carbocycles. The predicted molar refractivity (Wildman–Crippen MR) is 96.8 cm³/mol. The van der Waals surface area contributed by atoms with Gasteiger partial charge in [-0.25, -0.2) is 0 Å². The summed E-state index contributed by atoms with van der Waals surface area (Å²) in [6.45, 7) is 12.5. The molecule has 0 fully saturated rings. The normalized spacial score (nSPS) is 12.3. The van der Waals surface area contributed by atoms with Crippen molar-refractivity contribution < 1.29 is 14.6 Å². The van der Waals surface area contributed by atoms with Gasteiger partial charge in [0, 0.05) is 13.0 Å². The zero-order valence-corrected chi connectivity index (χ0v) is 15.6. The number of hydrogen-bond acceptors (Lipinski definition) is 3. The van der Waals surface area contributed by atoms with E-state index in [1.165, 1.54) is 5.57 Å². The lowest BCUT2D eigenvalue weighted by Gasteiger charge is -2.07. The molecule has 0 aliphatic rings. The first kappa shape index (κ1) is 25.6. The van der Waals surface area contributed by atoms with Crippen LogP contribution in [0.25, 0.3) is 0 Å². The Morgan fingerprint density at radius 3 is 2.27 bits per heavy atom. The monoisotopic (exact) mass is 312 g/mol. The van der Waals surface area contributed by atoms with E-state index < -0.39 is 0 Å². The van der Waals surface area contributed by atoms with Crippen molar-refractivity contribution in [3.8, 4) is 0 Å². The number of carbonyl (C=O) groups is 1. The van der Waals surface area contributed by atoms with Gasteiger partial charge in [0.2, 0.25) is 0 Å². The van der Waals surface area contributed by atoms with Crippen molar-refractivity contribution in [1.82, 2.24) is 0 Å². The van der Waals surface area contributed by atoms with Gasteiger partial charge in [-0.15, -0.1) is 0 Å². The molecule has 0 rings (SSSR count). The molecule has 3 nitrogen and oxygen atoms in total. The summed E-state index contributed by atoms with van der Waals surface area (Å²) >= 11 is 0. The summed E-state index contributed by atoms with van der Waals surface area (Å²) in [5.41, 5.74) is 1.25. The SMILES string of the molecule is CC.CO.C\C=C(/C=C\C=C\OCCC)CCC(C)C(C)=O. The zero-order chi connectivity index (χ0) is 17.8. The largest absolute Gasteiger partial charge is 0.501 e. The van der Waals surface area contributed by atoms with Crippen LogP contribution in [0.15, 0.2) is 36.1 Å². The van der Waals surface area contributed by atoms with E-state index >= 15 is 0 Å². The lowest BCUT2D eigenvalue weighted by molar-refractivity contribution is -0.120. The zero-order valence-electron chi connectivity index (χ0n) is 15.6. The second kappa shape index (κ2) is 21.9. The van der Waals surface area contributed by atoms with Crippen LogP contribution in [0, 0.1) is 5.92 Å². The minimum Gasteiger partial charge on any atom is -0.501 e. The van der Waals surface area contributed by atoms with Gasteiger partial charge in [-0.3, -0.25) is 4.79 Å². The van der Waals surface area contributed by atoms with Crippen LogP contribution in [0.5, 0.6) is 0 Å². The number of ketones is 1. The molecule has 3 heteroatoms. The summed E-state index contributed by atoms with van der Waals surface area (Å²) in [6, 6.07) is 0. The van der Waals surface area contributed by atoms with Gasteiger partial charge in [0.1, 0.15) is 5.78 Å². The quantitative estimate of drug-likeness (QED) is 0.367. The van der Waals surface area contributed by atoms with Gasteiger partial charge in [-0.2, -0.15) is 0 Å². The molecule has 0 aromatic rings. The molecule has 0 aromatic heterocycles. The molecule has 0 saturated heterocycles. The number of allylic oxidation sites excluding steroid dienone is 5. The van der Waals surface area contributed by atoms with Crippen molar-refractivity contribution in [1.29, 1.82) is 0 Å². The lowest BCUT2D eigenvalue weighted by Crippen LogP contribution is -2.05. The fourth-order valence-electron chi connectivity index (χ4n) is 1.38. The molecule has 0 amide bonds. The highest BCUT2D eigenvalue weighted by Crippen LogP contribution is 2.13. The van der Waals surface area contributed by atoms with E-state index in [2.05, 4.69) is 19.1 Å². The van der Waals surface area contributed by atoms with E-state index in [4.69, 9.17) is 9.84 Å². The van der Waals surface area contributed by atoms with Crippen LogP contribution < -0.4 is 0 Å². The lowest BCUT2D eigenvalue weighted by atomic mass is 9.98. The molecule has 1 atom stereocenters. The molecule has 0 radical (unpaired) electrons. The number of carbonyl (C=O) groups excluding carboxylic acids is 1. The molecular formula is C19H36O3. The van der Waals surface area contributed by atoms with E-state index in [-0.39, 0.29) is 11.7 Å². The van der Waals surface area contributed by atoms with Crippen LogP contribution in [-0.4, -0.2) is 24.6 Å². The number of aliphatic hydroxyl groups is 1. The predicted octanol–water partition coefficient (Wildman–Crippen LogP) is 5.07. The van der Waals surface area contributed by atoms with Crippen LogP contribution >= 0.6 is 0 Å². The van der Waals surface area contributed by atoms with Crippen LogP contribution in [0.3, 0.4) is 0 Å². The third-order valence-corrected chi connectivity index (χ3v) is 2.85. The Bertz CT molecular complexity index is 315. The maximum absolute atomic E-state index is 11.1. The topological polar surface area (TPSA) is 46.5 Å².